The molecule has 0 bridgehead atoms. The van der Waals surface area contributed by atoms with Crippen molar-refractivity contribution in [2.45, 2.75) is 13.5 Å². The summed E-state index contributed by atoms with van der Waals surface area (Å²) in [5, 5.41) is 0. The molecule has 32 heavy (non-hydrogen) atoms. The van der Waals surface area contributed by atoms with E-state index in [1.165, 1.54) is 24.3 Å². The van der Waals surface area contributed by atoms with E-state index in [2.05, 4.69) is 0 Å². The van der Waals surface area contributed by atoms with E-state index in [-0.39, 0.29) is 11.3 Å². The normalized spacial score (nSPS) is 13.7. The fourth-order valence-electron chi connectivity index (χ4n) is 3.78. The second-order valence-electron chi connectivity index (χ2n) is 7.44. The van der Waals surface area contributed by atoms with Crippen molar-refractivity contribution >= 4 is 23.1 Å². The molecule has 2 amide bonds. The maximum atomic E-state index is 13.5. The summed E-state index contributed by atoms with van der Waals surface area (Å²) < 4.78 is 19.0. The molecule has 0 N–H and O–H groups in total. The van der Waals surface area contributed by atoms with Crippen LogP contribution in [0.25, 0.3) is 5.57 Å². The lowest BCUT2D eigenvalue weighted by molar-refractivity contribution is -0.120. The third-order valence-corrected chi connectivity index (χ3v) is 5.24. The van der Waals surface area contributed by atoms with Crippen molar-refractivity contribution in [2.75, 3.05) is 18.6 Å². The van der Waals surface area contributed by atoms with Gasteiger partial charge in [-0.1, -0.05) is 42.5 Å². The number of carbonyl (C=O) groups is 2. The molecule has 0 fully saturated rings. The van der Waals surface area contributed by atoms with E-state index in [1.54, 1.807) is 36.2 Å². The lowest BCUT2D eigenvalue weighted by Crippen LogP contribution is -2.34. The molecule has 5 nitrogen and oxygen atoms in total. The first-order valence-electron chi connectivity index (χ1n) is 10.4. The van der Waals surface area contributed by atoms with Crippen molar-refractivity contribution in [2.24, 2.45) is 0 Å². The van der Waals surface area contributed by atoms with Crippen molar-refractivity contribution in [3.8, 4) is 5.75 Å². The number of likely N-dealkylation sites (N-methyl/N-ethyl adjacent to an activating group) is 1. The highest BCUT2D eigenvalue weighted by Gasteiger charge is 2.41. The summed E-state index contributed by atoms with van der Waals surface area (Å²) in [6, 6.07) is 22.1. The summed E-state index contributed by atoms with van der Waals surface area (Å²) in [7, 11) is 1.78. The highest BCUT2D eigenvalue weighted by atomic mass is 19.1. The molecule has 1 aliphatic rings. The molecule has 0 saturated heterocycles. The first kappa shape index (κ1) is 21.3. The summed E-state index contributed by atoms with van der Waals surface area (Å²) in [5.41, 5.74) is 2.47. The number of rotatable bonds is 7. The average Bonchev–Trinajstić information content (AvgIpc) is 3.06. The van der Waals surface area contributed by atoms with Gasteiger partial charge in [-0.2, -0.15) is 0 Å². The number of carbonyl (C=O) groups excluding carboxylic acids is 2. The zero-order valence-electron chi connectivity index (χ0n) is 17.9. The molecule has 162 valence electrons. The lowest BCUT2D eigenvalue weighted by atomic mass is 10.0. The molecule has 0 spiro atoms. The Morgan fingerprint density at radius 3 is 2.16 bits per heavy atom. The monoisotopic (exact) mass is 430 g/mol. The van der Waals surface area contributed by atoms with Crippen molar-refractivity contribution < 1.29 is 18.7 Å². The third kappa shape index (κ3) is 4.12. The quantitative estimate of drug-likeness (QED) is 0.513. The van der Waals surface area contributed by atoms with E-state index in [0.29, 0.717) is 30.2 Å². The molecular weight excluding hydrogens is 407 g/mol. The Kier molecular flexibility index (Phi) is 6.03. The Labute approximate surface area is 186 Å². The number of hydrogen-bond acceptors (Lipinski definition) is 4. The van der Waals surface area contributed by atoms with Crippen LogP contribution in [0.4, 0.5) is 10.1 Å². The predicted octanol–water partition coefficient (Wildman–Crippen LogP) is 4.64. The number of imide groups is 1. The fraction of sp³-hybridized carbons (Fsp3) is 0.154. The van der Waals surface area contributed by atoms with Crippen molar-refractivity contribution in [1.29, 1.82) is 0 Å². The smallest absolute Gasteiger partial charge is 0.282 e. The van der Waals surface area contributed by atoms with E-state index in [9.17, 15) is 14.0 Å². The van der Waals surface area contributed by atoms with Gasteiger partial charge in [-0.05, 0) is 54.4 Å². The molecule has 0 saturated carbocycles. The van der Waals surface area contributed by atoms with E-state index in [0.717, 1.165) is 10.5 Å². The Balaban J connectivity index is 1.75. The fourth-order valence-corrected chi connectivity index (χ4v) is 3.78. The van der Waals surface area contributed by atoms with E-state index < -0.39 is 17.6 Å². The van der Waals surface area contributed by atoms with Crippen LogP contribution in [0.3, 0.4) is 0 Å². The number of benzene rings is 3. The SMILES string of the molecule is CCOc1ccc(N2C(=O)C(c3ccc(F)cc3)=C(N(C)Cc3ccccc3)C2=O)cc1. The van der Waals surface area contributed by atoms with Gasteiger partial charge in [0.15, 0.2) is 0 Å². The second-order valence-corrected chi connectivity index (χ2v) is 7.44. The zero-order chi connectivity index (χ0) is 22.7. The molecule has 6 heteroatoms. The van der Waals surface area contributed by atoms with Crippen LogP contribution in [0.1, 0.15) is 18.1 Å². The van der Waals surface area contributed by atoms with Gasteiger partial charge in [-0.25, -0.2) is 9.29 Å². The highest BCUT2D eigenvalue weighted by molar-refractivity contribution is 6.45. The Morgan fingerprint density at radius 2 is 1.53 bits per heavy atom. The van der Waals surface area contributed by atoms with Gasteiger partial charge in [0.25, 0.3) is 11.8 Å². The first-order valence-corrected chi connectivity index (χ1v) is 10.4. The molecule has 0 radical (unpaired) electrons. The molecule has 3 aromatic carbocycles. The van der Waals surface area contributed by atoms with Gasteiger partial charge < -0.3 is 9.64 Å². The molecule has 0 atom stereocenters. The average molecular weight is 430 g/mol. The van der Waals surface area contributed by atoms with Crippen LogP contribution in [-0.2, 0) is 16.1 Å². The van der Waals surface area contributed by atoms with Crippen LogP contribution >= 0.6 is 0 Å². The second kappa shape index (κ2) is 9.06. The van der Waals surface area contributed by atoms with Gasteiger partial charge >= 0.3 is 0 Å². The number of hydrogen-bond donors (Lipinski definition) is 0. The summed E-state index contributed by atoms with van der Waals surface area (Å²) in [6.45, 7) is 2.85. The Morgan fingerprint density at radius 1 is 0.875 bits per heavy atom. The minimum atomic E-state index is -0.444. The largest absolute Gasteiger partial charge is 0.494 e. The Bertz CT molecular complexity index is 1160. The Hall–Kier alpha value is -3.93. The van der Waals surface area contributed by atoms with Gasteiger partial charge in [0.05, 0.1) is 17.9 Å². The van der Waals surface area contributed by atoms with Crippen molar-refractivity contribution in [3.05, 3.63) is 102 Å². The molecule has 0 aromatic heterocycles. The molecule has 4 rings (SSSR count). The van der Waals surface area contributed by atoms with Crippen LogP contribution in [-0.4, -0.2) is 30.4 Å². The van der Waals surface area contributed by atoms with Gasteiger partial charge in [-0.15, -0.1) is 0 Å². The zero-order valence-corrected chi connectivity index (χ0v) is 17.9. The van der Waals surface area contributed by atoms with Gasteiger partial charge in [0.2, 0.25) is 0 Å². The summed E-state index contributed by atoms with van der Waals surface area (Å²) in [5.74, 6) is -0.616. The van der Waals surface area contributed by atoms with Crippen molar-refractivity contribution in [3.63, 3.8) is 0 Å². The van der Waals surface area contributed by atoms with Gasteiger partial charge in [-0.3, -0.25) is 9.59 Å². The molecule has 1 aliphatic heterocycles. The van der Waals surface area contributed by atoms with E-state index in [4.69, 9.17) is 4.74 Å². The van der Waals surface area contributed by atoms with Gasteiger partial charge in [0.1, 0.15) is 17.3 Å². The summed E-state index contributed by atoms with van der Waals surface area (Å²) in [6.07, 6.45) is 0. The van der Waals surface area contributed by atoms with Crippen molar-refractivity contribution in [1.82, 2.24) is 4.90 Å². The molecule has 0 aliphatic carbocycles. The first-order chi connectivity index (χ1) is 15.5. The molecule has 3 aromatic rings. The maximum Gasteiger partial charge on any atom is 0.282 e. The number of amides is 2. The van der Waals surface area contributed by atoms with Crippen LogP contribution in [0.2, 0.25) is 0 Å². The molecular formula is C26H23FN2O3. The predicted molar refractivity (Wildman–Crippen MR) is 121 cm³/mol. The summed E-state index contributed by atoms with van der Waals surface area (Å²) >= 11 is 0. The number of halogens is 1. The van der Waals surface area contributed by atoms with E-state index in [1.807, 2.05) is 37.3 Å². The van der Waals surface area contributed by atoms with Crippen LogP contribution in [0.5, 0.6) is 5.75 Å². The number of ether oxygens (including phenoxy) is 1. The van der Waals surface area contributed by atoms with Gasteiger partial charge in [0, 0.05) is 13.6 Å². The molecule has 0 unspecified atom stereocenters. The minimum Gasteiger partial charge on any atom is -0.494 e. The standard InChI is InChI=1S/C26H23FN2O3/c1-3-32-22-15-13-21(14-16-22)29-25(30)23(19-9-11-20(27)12-10-19)24(26(29)31)28(2)17-18-7-5-4-6-8-18/h4-16H,3,17H2,1-2H3. The lowest BCUT2D eigenvalue weighted by Gasteiger charge is -2.21. The third-order valence-electron chi connectivity index (χ3n) is 5.24. The van der Waals surface area contributed by atoms with Crippen LogP contribution in [0, 0.1) is 5.82 Å². The highest BCUT2D eigenvalue weighted by Crippen LogP contribution is 2.35. The minimum absolute atomic E-state index is 0.252. The number of anilines is 1. The van der Waals surface area contributed by atoms with E-state index >= 15 is 0 Å². The van der Waals surface area contributed by atoms with Crippen LogP contribution in [0.15, 0.2) is 84.6 Å². The topological polar surface area (TPSA) is 49.9 Å². The summed E-state index contributed by atoms with van der Waals surface area (Å²) in [4.78, 5) is 29.9. The maximum absolute atomic E-state index is 13.5. The number of nitrogens with zero attached hydrogens (tertiary/aromatic N) is 2. The molecule has 1 heterocycles. The van der Waals surface area contributed by atoms with Crippen LogP contribution < -0.4 is 9.64 Å².